The first-order chi connectivity index (χ1) is 13.4. The van der Waals surface area contributed by atoms with E-state index in [1.54, 1.807) is 12.1 Å². The first-order valence-corrected chi connectivity index (χ1v) is 8.67. The molecule has 0 atom stereocenters. The van der Waals surface area contributed by atoms with Gasteiger partial charge in [0.1, 0.15) is 11.6 Å². The van der Waals surface area contributed by atoms with Crippen LogP contribution in [0.4, 0.5) is 11.4 Å². The third-order valence-electron chi connectivity index (χ3n) is 4.04. The molecule has 0 saturated carbocycles. The summed E-state index contributed by atoms with van der Waals surface area (Å²) in [5, 5.41) is 27.5. The molecule has 1 aromatic heterocycles. The summed E-state index contributed by atoms with van der Waals surface area (Å²) in [6.45, 7) is 3.96. The summed E-state index contributed by atoms with van der Waals surface area (Å²) < 4.78 is 5.54. The molecule has 0 aliphatic heterocycles. The SMILES string of the molecule is CCCCNn1c(O)c(C#N)c(C)c(N=Nc2ccc(C(=O)OC)cc2)c1=O. The summed E-state index contributed by atoms with van der Waals surface area (Å²) in [6, 6.07) is 8.03. The highest BCUT2D eigenvalue weighted by atomic mass is 16.5. The number of rotatable bonds is 7. The van der Waals surface area contributed by atoms with Crippen molar-refractivity contribution in [3.8, 4) is 11.9 Å². The second-order valence-corrected chi connectivity index (χ2v) is 5.92. The van der Waals surface area contributed by atoms with Crippen molar-refractivity contribution in [2.75, 3.05) is 19.1 Å². The lowest BCUT2D eigenvalue weighted by atomic mass is 10.1. The van der Waals surface area contributed by atoms with Crippen LogP contribution in [0.1, 0.15) is 41.3 Å². The predicted molar refractivity (Wildman–Crippen MR) is 103 cm³/mol. The quantitative estimate of drug-likeness (QED) is 0.429. The van der Waals surface area contributed by atoms with Gasteiger partial charge in [-0.2, -0.15) is 15.1 Å². The molecule has 2 N–H and O–H groups in total. The zero-order valence-corrected chi connectivity index (χ0v) is 15.9. The molecule has 28 heavy (non-hydrogen) atoms. The maximum atomic E-state index is 12.7. The van der Waals surface area contributed by atoms with Crippen LogP contribution < -0.4 is 11.0 Å². The lowest BCUT2D eigenvalue weighted by molar-refractivity contribution is 0.0601. The van der Waals surface area contributed by atoms with Crippen molar-refractivity contribution in [3.63, 3.8) is 0 Å². The van der Waals surface area contributed by atoms with Gasteiger partial charge < -0.3 is 15.3 Å². The fraction of sp³-hybridized carbons (Fsp3) is 0.316. The molecule has 146 valence electrons. The molecule has 2 rings (SSSR count). The van der Waals surface area contributed by atoms with Gasteiger partial charge in [-0.3, -0.25) is 4.79 Å². The molecule has 0 unspecified atom stereocenters. The highest BCUT2D eigenvalue weighted by Gasteiger charge is 2.19. The number of unbranched alkanes of at least 4 members (excludes halogenated alkanes) is 1. The zero-order valence-electron chi connectivity index (χ0n) is 15.9. The van der Waals surface area contributed by atoms with Gasteiger partial charge in [0, 0.05) is 12.1 Å². The highest BCUT2D eigenvalue weighted by Crippen LogP contribution is 2.26. The highest BCUT2D eigenvalue weighted by molar-refractivity contribution is 5.89. The molecular formula is C19H21N5O4. The Kier molecular flexibility index (Phi) is 6.87. The average molecular weight is 383 g/mol. The summed E-state index contributed by atoms with van der Waals surface area (Å²) in [4.78, 5) is 24.2. The number of methoxy groups -OCH3 is 1. The summed E-state index contributed by atoms with van der Waals surface area (Å²) in [6.07, 6.45) is 1.68. The van der Waals surface area contributed by atoms with E-state index in [0.717, 1.165) is 17.5 Å². The summed E-state index contributed by atoms with van der Waals surface area (Å²) in [5.41, 5.74) is 3.07. The van der Waals surface area contributed by atoms with Crippen molar-refractivity contribution in [2.45, 2.75) is 26.7 Å². The summed E-state index contributed by atoms with van der Waals surface area (Å²) in [7, 11) is 1.29. The van der Waals surface area contributed by atoms with Crippen molar-refractivity contribution in [3.05, 3.63) is 51.3 Å². The number of benzene rings is 1. The average Bonchev–Trinajstić information content (AvgIpc) is 2.70. The third-order valence-corrected chi connectivity index (χ3v) is 4.04. The Labute approximate surface area is 161 Å². The predicted octanol–water partition coefficient (Wildman–Crippen LogP) is 3.28. The number of pyridine rings is 1. The molecule has 9 nitrogen and oxygen atoms in total. The number of nitrogens with one attached hydrogen (secondary N) is 1. The molecule has 0 aliphatic rings. The number of hydrogen-bond acceptors (Lipinski definition) is 8. The van der Waals surface area contributed by atoms with E-state index < -0.39 is 17.4 Å². The fourth-order valence-corrected chi connectivity index (χ4v) is 2.42. The largest absolute Gasteiger partial charge is 0.492 e. The van der Waals surface area contributed by atoms with Crippen LogP contribution >= 0.6 is 0 Å². The fourth-order valence-electron chi connectivity index (χ4n) is 2.42. The smallest absolute Gasteiger partial charge is 0.337 e. The van der Waals surface area contributed by atoms with Crippen LogP contribution in [0.3, 0.4) is 0 Å². The second kappa shape index (κ2) is 9.32. The van der Waals surface area contributed by atoms with Crippen LogP contribution in [0.15, 0.2) is 39.3 Å². The number of carbonyl (C=O) groups is 1. The molecule has 9 heteroatoms. The lowest BCUT2D eigenvalue weighted by Crippen LogP contribution is -2.30. The van der Waals surface area contributed by atoms with Gasteiger partial charge in [-0.15, -0.1) is 5.11 Å². The first kappa shape index (κ1) is 20.6. The third kappa shape index (κ3) is 4.35. The Morgan fingerprint density at radius 2 is 2.00 bits per heavy atom. The van der Waals surface area contributed by atoms with E-state index in [4.69, 9.17) is 0 Å². The number of azo groups is 1. The molecule has 1 heterocycles. The molecule has 0 bridgehead atoms. The number of nitrogens with zero attached hydrogens (tertiary/aromatic N) is 4. The number of aromatic nitrogens is 1. The van der Waals surface area contributed by atoms with E-state index in [0.29, 0.717) is 17.8 Å². The van der Waals surface area contributed by atoms with Gasteiger partial charge in [0.05, 0.1) is 18.4 Å². The van der Waals surface area contributed by atoms with Crippen molar-refractivity contribution in [2.24, 2.45) is 10.2 Å². The minimum atomic E-state index is -0.611. The van der Waals surface area contributed by atoms with Crippen molar-refractivity contribution < 1.29 is 14.6 Å². The number of aromatic hydroxyl groups is 1. The van der Waals surface area contributed by atoms with Gasteiger partial charge in [-0.05, 0) is 37.6 Å². The van der Waals surface area contributed by atoms with Crippen LogP contribution in [0.25, 0.3) is 0 Å². The molecule has 2 aromatic rings. The number of nitriles is 1. The van der Waals surface area contributed by atoms with Crippen molar-refractivity contribution >= 4 is 17.3 Å². The second-order valence-electron chi connectivity index (χ2n) is 5.92. The van der Waals surface area contributed by atoms with Gasteiger partial charge in [0.25, 0.3) is 5.56 Å². The Morgan fingerprint density at radius 1 is 1.32 bits per heavy atom. The first-order valence-electron chi connectivity index (χ1n) is 8.67. The van der Waals surface area contributed by atoms with Gasteiger partial charge >= 0.3 is 5.97 Å². The van der Waals surface area contributed by atoms with Gasteiger partial charge in [-0.25, -0.2) is 4.79 Å². The van der Waals surface area contributed by atoms with E-state index in [1.807, 2.05) is 13.0 Å². The van der Waals surface area contributed by atoms with Crippen molar-refractivity contribution in [1.82, 2.24) is 4.68 Å². The van der Waals surface area contributed by atoms with Gasteiger partial charge in [0.2, 0.25) is 5.88 Å². The normalized spacial score (nSPS) is 10.6. The maximum absolute atomic E-state index is 12.7. The molecule has 0 amide bonds. The molecule has 1 aromatic carbocycles. The van der Waals surface area contributed by atoms with E-state index in [-0.39, 0.29) is 16.8 Å². The molecule has 0 aliphatic carbocycles. The van der Waals surface area contributed by atoms with Crippen LogP contribution in [0, 0.1) is 18.3 Å². The molecule has 0 saturated heterocycles. The lowest BCUT2D eigenvalue weighted by Gasteiger charge is -2.14. The van der Waals surface area contributed by atoms with Gasteiger partial charge in [-0.1, -0.05) is 13.3 Å². The summed E-state index contributed by atoms with van der Waals surface area (Å²) >= 11 is 0. The minimum Gasteiger partial charge on any atom is -0.492 e. The zero-order chi connectivity index (χ0) is 20.7. The van der Waals surface area contributed by atoms with Crippen LogP contribution in [0.2, 0.25) is 0 Å². The number of ether oxygens (including phenoxy) is 1. The van der Waals surface area contributed by atoms with E-state index in [2.05, 4.69) is 20.4 Å². The Hall–Kier alpha value is -3.67. The van der Waals surface area contributed by atoms with E-state index >= 15 is 0 Å². The van der Waals surface area contributed by atoms with E-state index in [1.165, 1.54) is 26.2 Å². The van der Waals surface area contributed by atoms with E-state index in [9.17, 15) is 20.0 Å². The Balaban J connectivity index is 2.43. The Morgan fingerprint density at radius 3 is 2.57 bits per heavy atom. The Bertz CT molecular complexity index is 987. The van der Waals surface area contributed by atoms with Crippen LogP contribution in [0.5, 0.6) is 5.88 Å². The number of hydrogen-bond donors (Lipinski definition) is 2. The number of esters is 1. The summed E-state index contributed by atoms with van der Waals surface area (Å²) in [5.74, 6) is -0.931. The van der Waals surface area contributed by atoms with Crippen LogP contribution in [-0.2, 0) is 4.74 Å². The van der Waals surface area contributed by atoms with Crippen LogP contribution in [-0.4, -0.2) is 29.4 Å². The minimum absolute atomic E-state index is 0.0569. The molecule has 0 spiro atoms. The number of carbonyl (C=O) groups excluding carboxylic acids is 1. The molecule has 0 radical (unpaired) electrons. The molecular weight excluding hydrogens is 362 g/mol. The topological polar surface area (TPSA) is 129 Å². The van der Waals surface area contributed by atoms with Gasteiger partial charge in [0.15, 0.2) is 5.69 Å². The maximum Gasteiger partial charge on any atom is 0.337 e. The standard InChI is InChI=1S/C19H21N5O4/c1-4-5-10-21-24-17(25)15(11-20)12(2)16(18(24)26)23-22-14-8-6-13(7-9-14)19(27)28-3/h6-9,21,25H,4-5,10H2,1-3H3. The molecule has 0 fully saturated rings. The van der Waals surface area contributed by atoms with Crippen molar-refractivity contribution in [1.29, 1.82) is 5.26 Å². The monoisotopic (exact) mass is 383 g/mol.